The van der Waals surface area contributed by atoms with Gasteiger partial charge in [-0.1, -0.05) is 46.2 Å². The number of para-hydroxylation sites is 2. The Morgan fingerprint density at radius 1 is 0.786 bits per heavy atom. The number of hydrogen-bond donors (Lipinski definition) is 1. The second-order valence-electron chi connectivity index (χ2n) is 21.2. The van der Waals surface area contributed by atoms with Crippen LogP contribution in [-0.4, -0.2) is 74.7 Å². The summed E-state index contributed by atoms with van der Waals surface area (Å²) >= 11 is 0. The fraction of sp³-hybridized carbons (Fsp3) is 0.812. The third kappa shape index (κ3) is 5.66. The van der Waals surface area contributed by atoms with Gasteiger partial charge in [-0.3, -0.25) is 9.59 Å². The maximum atomic E-state index is 15.4. The smallest absolute Gasteiger partial charge is 0.306 e. The second kappa shape index (κ2) is 14.1. The van der Waals surface area contributed by atoms with Gasteiger partial charge in [0.05, 0.1) is 40.6 Å². The van der Waals surface area contributed by atoms with E-state index in [-0.39, 0.29) is 35.5 Å². The lowest BCUT2D eigenvalue weighted by atomic mass is 9.37. The van der Waals surface area contributed by atoms with Crippen LogP contribution >= 0.6 is 0 Å². The molecule has 0 spiro atoms. The summed E-state index contributed by atoms with van der Waals surface area (Å²) in [7, 11) is 0. The van der Waals surface area contributed by atoms with Gasteiger partial charge in [0.25, 0.3) is 0 Å². The first-order valence-electron chi connectivity index (χ1n) is 23.4. The highest BCUT2D eigenvalue weighted by molar-refractivity contribution is 5.85. The summed E-state index contributed by atoms with van der Waals surface area (Å²) in [6.45, 7) is 15.2. The Kier molecular flexibility index (Phi) is 9.51. The minimum Gasteiger partial charge on any atom is -0.481 e. The molecule has 1 aromatic heterocycles. The summed E-state index contributed by atoms with van der Waals surface area (Å²) in [5.74, 6) is 4.67. The molecule has 2 aliphatic heterocycles. The maximum Gasteiger partial charge on any atom is 0.306 e. The molecule has 6 saturated carbocycles. The Hall–Kier alpha value is -2.45. The molecule has 2 aromatic rings. The number of rotatable bonds is 8. The number of ether oxygens (including phenoxy) is 1. The van der Waals surface area contributed by atoms with E-state index in [1.165, 1.54) is 82.8 Å². The van der Waals surface area contributed by atoms with Crippen molar-refractivity contribution in [3.8, 4) is 0 Å². The van der Waals surface area contributed by atoms with Crippen LogP contribution in [-0.2, 0) is 20.9 Å². The van der Waals surface area contributed by atoms with E-state index < -0.39 is 5.97 Å². The molecule has 14 unspecified atom stereocenters. The zero-order valence-electron chi connectivity index (χ0n) is 35.0. The zero-order chi connectivity index (χ0) is 38.6. The molecule has 2 saturated heterocycles. The number of carbonyl (C=O) groups excluding carboxylic acids is 1. The first-order valence-corrected chi connectivity index (χ1v) is 23.4. The van der Waals surface area contributed by atoms with E-state index in [1.807, 2.05) is 0 Å². The van der Waals surface area contributed by atoms with Crippen LogP contribution in [0.25, 0.3) is 11.0 Å². The number of aromatic nitrogens is 2. The Balaban J connectivity index is 0.864. The van der Waals surface area contributed by atoms with Crippen LogP contribution in [0.4, 0.5) is 0 Å². The lowest BCUT2D eigenvalue weighted by Gasteiger charge is -2.68. The SMILES string of the molecule is CC1C(OC2CCC3(C)C(CCC4(C)C5CCC6(C(=O)N7CCCC7c7nc8ccccc8n7CCN7CCCC7)CCCC6C5CCC34)C2C)CC1C(=O)O. The van der Waals surface area contributed by atoms with Crippen LogP contribution in [0, 0.1) is 63.6 Å². The lowest BCUT2D eigenvalue weighted by Crippen LogP contribution is -2.62. The molecule has 6 aliphatic carbocycles. The van der Waals surface area contributed by atoms with Crippen molar-refractivity contribution in [2.75, 3.05) is 26.2 Å². The molecule has 8 nitrogen and oxygen atoms in total. The standard InChI is InChI=1S/C48H70N4O4/c1-30-33(44(53)54)29-41(30)56-40-19-22-46(3)34(31(40)2)17-21-47(4)35-18-23-48(20-9-11-36(48)32(35)15-16-42(46)47)45(55)52-26-10-14-39(52)43-49-37-12-5-6-13-38(37)51(43)28-27-50-24-7-8-25-50/h5-6,12-13,30-36,39-42H,7-11,14-29H2,1-4H3,(H,53,54). The summed E-state index contributed by atoms with van der Waals surface area (Å²) in [5.41, 5.74) is 2.78. The van der Waals surface area contributed by atoms with Crippen molar-refractivity contribution in [1.82, 2.24) is 19.4 Å². The molecule has 8 aliphatic rings. The molecular formula is C48H70N4O4. The molecule has 306 valence electrons. The number of fused-ring (bicyclic) bond motifs is 8. The monoisotopic (exact) mass is 767 g/mol. The summed E-state index contributed by atoms with van der Waals surface area (Å²) in [6, 6.07) is 8.74. The van der Waals surface area contributed by atoms with Crippen molar-refractivity contribution < 1.29 is 19.4 Å². The highest BCUT2D eigenvalue weighted by atomic mass is 16.5. The molecule has 8 fully saturated rings. The Morgan fingerprint density at radius 3 is 2.36 bits per heavy atom. The summed E-state index contributed by atoms with van der Waals surface area (Å²) in [6.07, 6.45) is 19.1. The van der Waals surface area contributed by atoms with Gasteiger partial charge in [0.15, 0.2) is 0 Å². The van der Waals surface area contributed by atoms with Crippen LogP contribution in [0.3, 0.4) is 0 Å². The van der Waals surface area contributed by atoms with Crippen LogP contribution in [0.15, 0.2) is 24.3 Å². The van der Waals surface area contributed by atoms with Crippen molar-refractivity contribution in [1.29, 1.82) is 0 Å². The van der Waals surface area contributed by atoms with E-state index in [0.29, 0.717) is 46.8 Å². The number of nitrogens with zero attached hydrogens (tertiary/aromatic N) is 4. The molecule has 0 radical (unpaired) electrons. The van der Waals surface area contributed by atoms with Crippen molar-refractivity contribution in [2.45, 2.75) is 155 Å². The highest BCUT2D eigenvalue weighted by Gasteiger charge is 2.66. The molecule has 1 aromatic carbocycles. The average molecular weight is 767 g/mol. The van der Waals surface area contributed by atoms with Crippen LogP contribution in [0.2, 0.25) is 0 Å². The summed E-state index contributed by atoms with van der Waals surface area (Å²) < 4.78 is 9.27. The van der Waals surface area contributed by atoms with E-state index in [4.69, 9.17) is 9.72 Å². The first kappa shape index (κ1) is 37.8. The van der Waals surface area contributed by atoms with Gasteiger partial charge in [0.2, 0.25) is 5.91 Å². The molecule has 1 amide bonds. The first-order chi connectivity index (χ1) is 27.0. The van der Waals surface area contributed by atoms with E-state index in [9.17, 15) is 9.90 Å². The van der Waals surface area contributed by atoms with Crippen LogP contribution in [0.1, 0.15) is 142 Å². The third-order valence-electron chi connectivity index (χ3n) is 19.2. The highest BCUT2D eigenvalue weighted by Crippen LogP contribution is 2.72. The van der Waals surface area contributed by atoms with Crippen molar-refractivity contribution >= 4 is 22.9 Å². The van der Waals surface area contributed by atoms with Gasteiger partial charge < -0.3 is 24.2 Å². The topological polar surface area (TPSA) is 87.9 Å². The molecule has 3 heterocycles. The zero-order valence-corrected chi connectivity index (χ0v) is 35.0. The largest absolute Gasteiger partial charge is 0.481 e. The minimum atomic E-state index is -0.661. The number of aliphatic carboxylic acids is 1. The number of hydrogen-bond acceptors (Lipinski definition) is 5. The number of imidazole rings is 1. The Labute approximate surface area is 335 Å². The lowest BCUT2D eigenvalue weighted by molar-refractivity contribution is -0.217. The van der Waals surface area contributed by atoms with Gasteiger partial charge in [0, 0.05) is 19.6 Å². The van der Waals surface area contributed by atoms with E-state index in [0.717, 1.165) is 74.9 Å². The Bertz CT molecular complexity index is 1820. The van der Waals surface area contributed by atoms with Gasteiger partial charge in [-0.15, -0.1) is 0 Å². The number of amides is 1. The molecule has 1 N–H and O–H groups in total. The van der Waals surface area contributed by atoms with Crippen molar-refractivity contribution in [2.24, 2.45) is 63.6 Å². The third-order valence-corrected chi connectivity index (χ3v) is 19.2. The summed E-state index contributed by atoms with van der Waals surface area (Å²) in [4.78, 5) is 37.4. The normalized spacial score (nSPS) is 44.9. The second-order valence-corrected chi connectivity index (χ2v) is 21.2. The molecule has 10 rings (SSSR count). The average Bonchev–Trinajstić information content (AvgIpc) is 4.02. The van der Waals surface area contributed by atoms with Crippen LogP contribution < -0.4 is 0 Å². The number of carbonyl (C=O) groups is 2. The van der Waals surface area contributed by atoms with Crippen molar-refractivity contribution in [3.05, 3.63) is 30.1 Å². The van der Waals surface area contributed by atoms with Gasteiger partial charge in [0.1, 0.15) is 5.82 Å². The van der Waals surface area contributed by atoms with Gasteiger partial charge in [-0.2, -0.15) is 0 Å². The van der Waals surface area contributed by atoms with Gasteiger partial charge >= 0.3 is 5.97 Å². The maximum absolute atomic E-state index is 15.4. The van der Waals surface area contributed by atoms with Gasteiger partial charge in [-0.25, -0.2) is 4.98 Å². The predicted molar refractivity (Wildman–Crippen MR) is 219 cm³/mol. The number of likely N-dealkylation sites (tertiary alicyclic amines) is 2. The van der Waals surface area contributed by atoms with E-state index >= 15 is 4.79 Å². The Morgan fingerprint density at radius 2 is 1.55 bits per heavy atom. The number of carboxylic acids is 1. The summed E-state index contributed by atoms with van der Waals surface area (Å²) in [5, 5.41) is 9.58. The quantitative estimate of drug-likeness (QED) is 0.288. The van der Waals surface area contributed by atoms with E-state index in [1.54, 1.807) is 0 Å². The fourth-order valence-electron chi connectivity index (χ4n) is 16.2. The van der Waals surface area contributed by atoms with Crippen molar-refractivity contribution in [3.63, 3.8) is 0 Å². The molecule has 56 heavy (non-hydrogen) atoms. The molecule has 14 atom stereocenters. The molecule has 8 heteroatoms. The van der Waals surface area contributed by atoms with Gasteiger partial charge in [-0.05, 0) is 174 Å². The predicted octanol–water partition coefficient (Wildman–Crippen LogP) is 9.37. The number of benzene rings is 1. The number of carboxylic acid groups (broad SMARTS) is 1. The fourth-order valence-corrected chi connectivity index (χ4v) is 16.2. The molecule has 0 bridgehead atoms. The minimum absolute atomic E-state index is 0.0810. The van der Waals surface area contributed by atoms with E-state index in [2.05, 4.69) is 66.3 Å². The van der Waals surface area contributed by atoms with Crippen LogP contribution in [0.5, 0.6) is 0 Å². The molecular weight excluding hydrogens is 697 g/mol.